The van der Waals surface area contributed by atoms with Gasteiger partial charge < -0.3 is 4.90 Å². The fourth-order valence-electron chi connectivity index (χ4n) is 1.73. The van der Waals surface area contributed by atoms with Crippen molar-refractivity contribution >= 4 is 27.5 Å². The van der Waals surface area contributed by atoms with Gasteiger partial charge in [0.1, 0.15) is 11.9 Å². The first-order chi connectivity index (χ1) is 7.61. The van der Waals surface area contributed by atoms with Crippen LogP contribution in [0.15, 0.2) is 18.2 Å². The molecule has 82 valence electrons. The Hall–Kier alpha value is -1.41. The van der Waals surface area contributed by atoms with Crippen molar-refractivity contribution in [2.24, 2.45) is 0 Å². The molecule has 1 aromatic rings. The SMILES string of the molecule is N#Cc1cc(F)ccc1N1CC(Br)CC1=O. The molecule has 1 aromatic carbocycles. The van der Waals surface area contributed by atoms with Crippen LogP contribution in [0.2, 0.25) is 0 Å². The largest absolute Gasteiger partial charge is 0.310 e. The Bertz CT molecular complexity index is 483. The highest BCUT2D eigenvalue weighted by atomic mass is 79.9. The zero-order valence-corrected chi connectivity index (χ0v) is 9.87. The number of carbonyl (C=O) groups is 1. The third kappa shape index (κ3) is 1.93. The van der Waals surface area contributed by atoms with Crippen molar-refractivity contribution in [1.29, 1.82) is 5.26 Å². The monoisotopic (exact) mass is 282 g/mol. The number of rotatable bonds is 1. The lowest BCUT2D eigenvalue weighted by Gasteiger charge is -2.17. The third-order valence-corrected chi connectivity index (χ3v) is 3.06. The Balaban J connectivity index is 2.41. The summed E-state index contributed by atoms with van der Waals surface area (Å²) in [5.41, 5.74) is 0.672. The lowest BCUT2D eigenvalue weighted by molar-refractivity contribution is -0.117. The van der Waals surface area contributed by atoms with Crippen LogP contribution in [-0.4, -0.2) is 17.3 Å². The summed E-state index contributed by atoms with van der Waals surface area (Å²) >= 11 is 3.36. The molecule has 5 heteroatoms. The second-order valence-corrected chi connectivity index (χ2v) is 4.87. The second kappa shape index (κ2) is 4.22. The van der Waals surface area contributed by atoms with E-state index < -0.39 is 5.82 Å². The highest BCUT2D eigenvalue weighted by molar-refractivity contribution is 9.09. The highest BCUT2D eigenvalue weighted by Crippen LogP contribution is 2.28. The van der Waals surface area contributed by atoms with Crippen molar-refractivity contribution in [2.75, 3.05) is 11.4 Å². The molecule has 2 rings (SSSR count). The van der Waals surface area contributed by atoms with Crippen LogP contribution in [-0.2, 0) is 4.79 Å². The Morgan fingerprint density at radius 2 is 2.31 bits per heavy atom. The maximum atomic E-state index is 12.9. The maximum Gasteiger partial charge on any atom is 0.228 e. The molecule has 3 nitrogen and oxygen atoms in total. The van der Waals surface area contributed by atoms with E-state index in [1.807, 2.05) is 6.07 Å². The van der Waals surface area contributed by atoms with Gasteiger partial charge in [-0.15, -0.1) is 0 Å². The fourth-order valence-corrected chi connectivity index (χ4v) is 2.30. The van der Waals surface area contributed by atoms with Gasteiger partial charge in [0.25, 0.3) is 0 Å². The summed E-state index contributed by atoms with van der Waals surface area (Å²) in [5, 5.41) is 8.89. The van der Waals surface area contributed by atoms with E-state index >= 15 is 0 Å². The molecule has 1 saturated heterocycles. The van der Waals surface area contributed by atoms with Crippen molar-refractivity contribution in [3.8, 4) is 6.07 Å². The lowest BCUT2D eigenvalue weighted by atomic mass is 10.1. The van der Waals surface area contributed by atoms with Gasteiger partial charge in [0.05, 0.1) is 11.3 Å². The summed E-state index contributed by atoms with van der Waals surface area (Å²) < 4.78 is 12.9. The molecule has 1 heterocycles. The molecule has 0 N–H and O–H groups in total. The number of anilines is 1. The predicted octanol–water partition coefficient (Wildman–Crippen LogP) is 2.20. The maximum absolute atomic E-state index is 12.9. The Morgan fingerprint density at radius 3 is 2.88 bits per heavy atom. The number of amides is 1. The Kier molecular flexibility index (Phi) is 2.92. The summed E-state index contributed by atoms with van der Waals surface area (Å²) in [6.07, 6.45) is 0.405. The molecule has 1 aliphatic heterocycles. The summed E-state index contributed by atoms with van der Waals surface area (Å²) in [5.74, 6) is -0.521. The van der Waals surface area contributed by atoms with Crippen LogP contribution >= 0.6 is 15.9 Å². The van der Waals surface area contributed by atoms with Gasteiger partial charge in [0.15, 0.2) is 0 Å². The van der Waals surface area contributed by atoms with Gasteiger partial charge in [-0.2, -0.15) is 5.26 Å². The quantitative estimate of drug-likeness (QED) is 0.742. The summed E-state index contributed by atoms with van der Waals surface area (Å²) in [4.78, 5) is 13.2. The van der Waals surface area contributed by atoms with Gasteiger partial charge in [-0.1, -0.05) is 15.9 Å². The smallest absolute Gasteiger partial charge is 0.228 e. The number of benzene rings is 1. The average Bonchev–Trinajstić information content (AvgIpc) is 2.57. The van der Waals surface area contributed by atoms with Gasteiger partial charge in [0, 0.05) is 17.8 Å². The molecule has 1 amide bonds. The van der Waals surface area contributed by atoms with Gasteiger partial charge >= 0.3 is 0 Å². The minimum atomic E-state index is -0.470. The summed E-state index contributed by atoms with van der Waals surface area (Å²) in [6.45, 7) is 0.513. The van der Waals surface area contributed by atoms with Crippen molar-refractivity contribution in [1.82, 2.24) is 0 Å². The fraction of sp³-hybridized carbons (Fsp3) is 0.273. The van der Waals surface area contributed by atoms with Gasteiger partial charge in [0.2, 0.25) is 5.91 Å². The van der Waals surface area contributed by atoms with E-state index in [-0.39, 0.29) is 16.3 Å². The van der Waals surface area contributed by atoms with Crippen molar-refractivity contribution < 1.29 is 9.18 Å². The minimum absolute atomic E-state index is 0.0509. The Morgan fingerprint density at radius 1 is 1.56 bits per heavy atom. The first kappa shape index (κ1) is 11.1. The number of nitriles is 1. The van der Waals surface area contributed by atoms with Crippen LogP contribution in [0.1, 0.15) is 12.0 Å². The van der Waals surface area contributed by atoms with Crippen molar-refractivity contribution in [3.05, 3.63) is 29.6 Å². The molecule has 1 unspecified atom stereocenters. The van der Waals surface area contributed by atoms with E-state index in [1.165, 1.54) is 17.0 Å². The van der Waals surface area contributed by atoms with Crippen LogP contribution in [0.25, 0.3) is 0 Å². The van der Waals surface area contributed by atoms with Gasteiger partial charge in [-0.3, -0.25) is 4.79 Å². The Labute approximate surface area is 101 Å². The average molecular weight is 283 g/mol. The van der Waals surface area contributed by atoms with Crippen molar-refractivity contribution in [3.63, 3.8) is 0 Å². The van der Waals surface area contributed by atoms with Crippen LogP contribution in [0, 0.1) is 17.1 Å². The molecule has 0 radical (unpaired) electrons. The highest BCUT2D eigenvalue weighted by Gasteiger charge is 2.30. The zero-order chi connectivity index (χ0) is 11.7. The predicted molar refractivity (Wildman–Crippen MR) is 60.8 cm³/mol. The lowest BCUT2D eigenvalue weighted by Crippen LogP contribution is -2.25. The first-order valence-electron chi connectivity index (χ1n) is 4.76. The molecule has 1 fully saturated rings. The topological polar surface area (TPSA) is 44.1 Å². The number of carbonyl (C=O) groups excluding carboxylic acids is 1. The molecule has 0 bridgehead atoms. The van der Waals surface area contributed by atoms with E-state index in [4.69, 9.17) is 5.26 Å². The first-order valence-corrected chi connectivity index (χ1v) is 5.67. The van der Waals surface area contributed by atoms with Crippen LogP contribution < -0.4 is 4.90 Å². The second-order valence-electron chi connectivity index (χ2n) is 3.58. The molecule has 0 aliphatic carbocycles. The molecule has 0 aromatic heterocycles. The standard InChI is InChI=1S/C11H8BrFN2O/c12-8-4-11(16)15(6-8)10-2-1-9(13)3-7(10)5-14/h1-3,8H,4,6H2. The van der Waals surface area contributed by atoms with Gasteiger partial charge in [-0.05, 0) is 18.2 Å². The van der Waals surface area contributed by atoms with Crippen LogP contribution in [0.5, 0.6) is 0 Å². The molecular weight excluding hydrogens is 275 g/mol. The van der Waals surface area contributed by atoms with E-state index in [2.05, 4.69) is 15.9 Å². The minimum Gasteiger partial charge on any atom is -0.310 e. The zero-order valence-electron chi connectivity index (χ0n) is 8.28. The summed E-state index contributed by atoms with van der Waals surface area (Å²) in [6, 6.07) is 5.77. The van der Waals surface area contributed by atoms with E-state index in [1.54, 1.807) is 0 Å². The van der Waals surface area contributed by atoms with E-state index in [9.17, 15) is 9.18 Å². The van der Waals surface area contributed by atoms with Gasteiger partial charge in [-0.25, -0.2) is 4.39 Å². The number of nitrogens with zero attached hydrogens (tertiary/aromatic N) is 2. The van der Waals surface area contributed by atoms with E-state index in [0.717, 1.165) is 6.07 Å². The number of hydrogen-bond acceptors (Lipinski definition) is 2. The molecule has 0 spiro atoms. The number of alkyl halides is 1. The van der Waals surface area contributed by atoms with E-state index in [0.29, 0.717) is 18.7 Å². The van der Waals surface area contributed by atoms with Crippen LogP contribution in [0.4, 0.5) is 10.1 Å². The molecule has 1 atom stereocenters. The number of hydrogen-bond donors (Lipinski definition) is 0. The van der Waals surface area contributed by atoms with Crippen LogP contribution in [0.3, 0.4) is 0 Å². The molecule has 0 saturated carbocycles. The van der Waals surface area contributed by atoms with Crippen molar-refractivity contribution in [2.45, 2.75) is 11.2 Å². The summed E-state index contributed by atoms with van der Waals surface area (Å²) in [7, 11) is 0. The molecular formula is C11H8BrFN2O. The third-order valence-electron chi connectivity index (χ3n) is 2.45. The molecule has 1 aliphatic rings. The normalized spacial score (nSPS) is 19.9. The number of halogens is 2. The molecule has 16 heavy (non-hydrogen) atoms.